The summed E-state index contributed by atoms with van der Waals surface area (Å²) in [6.45, 7) is 2.11. The fourth-order valence-electron chi connectivity index (χ4n) is 2.77. The van der Waals surface area contributed by atoms with Gasteiger partial charge in [0.2, 0.25) is 0 Å². The highest BCUT2D eigenvalue weighted by Gasteiger charge is 2.28. The molecular weight excluding hydrogens is 324 g/mol. The van der Waals surface area contributed by atoms with Gasteiger partial charge in [-0.1, -0.05) is 0 Å². The van der Waals surface area contributed by atoms with E-state index >= 15 is 0 Å². The van der Waals surface area contributed by atoms with Gasteiger partial charge < -0.3 is 14.4 Å². The molecule has 1 aliphatic heterocycles. The van der Waals surface area contributed by atoms with Crippen molar-refractivity contribution in [1.82, 2.24) is 9.55 Å². The molecule has 1 N–H and O–H groups in total. The summed E-state index contributed by atoms with van der Waals surface area (Å²) >= 11 is 3.50. The van der Waals surface area contributed by atoms with Gasteiger partial charge in [-0.05, 0) is 47.8 Å². The van der Waals surface area contributed by atoms with Gasteiger partial charge in [-0.3, -0.25) is 0 Å². The van der Waals surface area contributed by atoms with E-state index in [0.29, 0.717) is 23.3 Å². The SMILES string of the molecule is COC(=O)c1cc(Br)c2c(c1)nc1n2[C@@H](C)CC[C@@H]1O. The number of carbonyl (C=O) groups excluding carboxylic acids is 1. The van der Waals surface area contributed by atoms with Crippen molar-refractivity contribution in [1.29, 1.82) is 0 Å². The van der Waals surface area contributed by atoms with Crippen molar-refractivity contribution < 1.29 is 14.6 Å². The number of esters is 1. The summed E-state index contributed by atoms with van der Waals surface area (Å²) in [5, 5.41) is 10.1. The average Bonchev–Trinajstić information content (AvgIpc) is 2.83. The minimum atomic E-state index is -0.549. The third kappa shape index (κ3) is 1.94. The lowest BCUT2D eigenvalue weighted by Crippen LogP contribution is -2.19. The zero-order valence-electron chi connectivity index (χ0n) is 11.3. The standard InChI is InChI=1S/C14H15BrN2O3/c1-7-3-4-11(18)13-16-10-6-8(14(19)20-2)5-9(15)12(10)17(7)13/h5-7,11,18H,3-4H2,1-2H3/t7-,11-/m0/s1. The van der Waals surface area contributed by atoms with Gasteiger partial charge in [0.05, 0.1) is 23.7 Å². The Hall–Kier alpha value is -1.40. The van der Waals surface area contributed by atoms with Crippen LogP contribution in [0, 0.1) is 0 Å². The van der Waals surface area contributed by atoms with Crippen LogP contribution in [0.3, 0.4) is 0 Å². The second-order valence-corrected chi connectivity index (χ2v) is 5.95. The number of halogens is 1. The van der Waals surface area contributed by atoms with E-state index in [9.17, 15) is 9.90 Å². The molecule has 0 saturated carbocycles. The van der Waals surface area contributed by atoms with Gasteiger partial charge in [-0.15, -0.1) is 0 Å². The number of hydrogen-bond acceptors (Lipinski definition) is 4. The average molecular weight is 339 g/mol. The van der Waals surface area contributed by atoms with Crippen LogP contribution in [0.2, 0.25) is 0 Å². The van der Waals surface area contributed by atoms with E-state index < -0.39 is 12.1 Å². The predicted molar refractivity (Wildman–Crippen MR) is 77.7 cm³/mol. The Balaban J connectivity index is 2.27. The van der Waals surface area contributed by atoms with Gasteiger partial charge in [0.25, 0.3) is 0 Å². The number of rotatable bonds is 1. The molecule has 3 rings (SSSR count). The molecule has 0 fully saturated rings. The second kappa shape index (κ2) is 4.86. The van der Waals surface area contributed by atoms with E-state index in [4.69, 9.17) is 4.74 Å². The van der Waals surface area contributed by atoms with Crippen molar-refractivity contribution in [3.63, 3.8) is 0 Å². The summed E-state index contributed by atoms with van der Waals surface area (Å²) in [6, 6.07) is 3.71. The van der Waals surface area contributed by atoms with Crippen LogP contribution in [-0.2, 0) is 4.74 Å². The van der Waals surface area contributed by atoms with Crippen LogP contribution in [0.25, 0.3) is 11.0 Å². The molecular formula is C14H15BrN2O3. The first kappa shape index (κ1) is 13.6. The number of aliphatic hydroxyl groups is 1. The highest BCUT2D eigenvalue weighted by molar-refractivity contribution is 9.10. The molecule has 0 bridgehead atoms. The van der Waals surface area contributed by atoms with Gasteiger partial charge in [-0.2, -0.15) is 0 Å². The Labute approximate surface area is 124 Å². The number of hydrogen-bond donors (Lipinski definition) is 1. The highest BCUT2D eigenvalue weighted by Crippen LogP contribution is 2.37. The lowest BCUT2D eigenvalue weighted by atomic mass is 10.0. The normalized spacial score (nSPS) is 21.8. The highest BCUT2D eigenvalue weighted by atomic mass is 79.9. The zero-order valence-corrected chi connectivity index (χ0v) is 12.8. The number of carbonyl (C=O) groups is 1. The topological polar surface area (TPSA) is 64.3 Å². The summed E-state index contributed by atoms with van der Waals surface area (Å²) in [4.78, 5) is 16.2. The van der Waals surface area contributed by atoms with Crippen LogP contribution in [-0.4, -0.2) is 27.7 Å². The molecule has 0 aliphatic carbocycles. The third-order valence-corrected chi connectivity index (χ3v) is 4.39. The molecule has 6 heteroatoms. The summed E-state index contributed by atoms with van der Waals surface area (Å²) in [7, 11) is 1.35. The fourth-order valence-corrected chi connectivity index (χ4v) is 3.42. The molecule has 0 spiro atoms. The molecule has 106 valence electrons. The van der Waals surface area contributed by atoms with Gasteiger partial charge in [-0.25, -0.2) is 9.78 Å². The van der Waals surface area contributed by atoms with E-state index in [1.807, 2.05) is 0 Å². The van der Waals surface area contributed by atoms with Crippen LogP contribution in [0.1, 0.15) is 48.1 Å². The molecule has 0 amide bonds. The number of nitrogens with zero attached hydrogens (tertiary/aromatic N) is 2. The predicted octanol–water partition coefficient (Wildman–Crippen LogP) is 2.97. The van der Waals surface area contributed by atoms with Crippen molar-refractivity contribution in [2.24, 2.45) is 0 Å². The molecule has 2 heterocycles. The first-order valence-electron chi connectivity index (χ1n) is 6.50. The lowest BCUT2D eigenvalue weighted by Gasteiger charge is -2.26. The molecule has 2 aromatic rings. The van der Waals surface area contributed by atoms with Crippen molar-refractivity contribution in [2.75, 3.05) is 7.11 Å². The summed E-state index contributed by atoms with van der Waals surface area (Å²) < 4.78 is 7.58. The Kier molecular flexibility index (Phi) is 3.30. The van der Waals surface area contributed by atoms with Gasteiger partial charge in [0.15, 0.2) is 0 Å². The number of fused-ring (bicyclic) bond motifs is 3. The van der Waals surface area contributed by atoms with E-state index in [-0.39, 0.29) is 6.04 Å². The minimum absolute atomic E-state index is 0.277. The molecule has 1 aliphatic rings. The summed E-state index contributed by atoms with van der Waals surface area (Å²) in [6.07, 6.45) is 1.07. The third-order valence-electron chi connectivity index (χ3n) is 3.78. The van der Waals surface area contributed by atoms with Crippen molar-refractivity contribution in [2.45, 2.75) is 31.9 Å². The largest absolute Gasteiger partial charge is 0.465 e. The summed E-state index contributed by atoms with van der Waals surface area (Å²) in [5.41, 5.74) is 2.06. The first-order chi connectivity index (χ1) is 9.52. The Bertz CT molecular complexity index is 695. The molecule has 1 aromatic heterocycles. The van der Waals surface area contributed by atoms with Crippen LogP contribution >= 0.6 is 15.9 Å². The molecule has 0 radical (unpaired) electrons. The van der Waals surface area contributed by atoms with E-state index in [2.05, 4.69) is 32.4 Å². The van der Waals surface area contributed by atoms with E-state index in [0.717, 1.165) is 16.4 Å². The number of aromatic nitrogens is 2. The quantitative estimate of drug-likeness (QED) is 0.812. The van der Waals surface area contributed by atoms with Gasteiger partial charge >= 0.3 is 5.97 Å². The monoisotopic (exact) mass is 338 g/mol. The Morgan fingerprint density at radius 1 is 1.50 bits per heavy atom. The number of benzene rings is 1. The van der Waals surface area contributed by atoms with Crippen molar-refractivity contribution >= 4 is 32.9 Å². The van der Waals surface area contributed by atoms with Gasteiger partial charge in [0, 0.05) is 10.5 Å². The number of methoxy groups -OCH3 is 1. The first-order valence-corrected chi connectivity index (χ1v) is 7.30. The maximum absolute atomic E-state index is 11.7. The number of imidazole rings is 1. The number of aliphatic hydroxyl groups excluding tert-OH is 1. The van der Waals surface area contributed by atoms with Crippen LogP contribution < -0.4 is 0 Å². The van der Waals surface area contributed by atoms with Gasteiger partial charge in [0.1, 0.15) is 11.9 Å². The molecule has 1 aromatic carbocycles. The van der Waals surface area contributed by atoms with E-state index in [1.165, 1.54) is 7.11 Å². The van der Waals surface area contributed by atoms with Crippen LogP contribution in [0.15, 0.2) is 16.6 Å². The van der Waals surface area contributed by atoms with Crippen LogP contribution in [0.5, 0.6) is 0 Å². The second-order valence-electron chi connectivity index (χ2n) is 5.10. The fraction of sp³-hybridized carbons (Fsp3) is 0.429. The maximum atomic E-state index is 11.7. The molecule has 20 heavy (non-hydrogen) atoms. The van der Waals surface area contributed by atoms with Crippen LogP contribution in [0.4, 0.5) is 0 Å². The zero-order chi connectivity index (χ0) is 14.4. The van der Waals surface area contributed by atoms with Crippen molar-refractivity contribution in [3.05, 3.63) is 28.0 Å². The van der Waals surface area contributed by atoms with Crippen molar-refractivity contribution in [3.8, 4) is 0 Å². The lowest BCUT2D eigenvalue weighted by molar-refractivity contribution is 0.0601. The molecule has 2 atom stereocenters. The van der Waals surface area contributed by atoms with E-state index in [1.54, 1.807) is 12.1 Å². The Morgan fingerprint density at radius 2 is 2.25 bits per heavy atom. The number of ether oxygens (including phenoxy) is 1. The maximum Gasteiger partial charge on any atom is 0.337 e. The minimum Gasteiger partial charge on any atom is -0.465 e. The molecule has 0 saturated heterocycles. The summed E-state index contributed by atoms with van der Waals surface area (Å²) in [5.74, 6) is 0.272. The molecule has 0 unspecified atom stereocenters. The Morgan fingerprint density at radius 3 is 2.95 bits per heavy atom. The molecule has 5 nitrogen and oxygen atoms in total. The smallest absolute Gasteiger partial charge is 0.337 e.